The zero-order chi connectivity index (χ0) is 13.1. The summed E-state index contributed by atoms with van der Waals surface area (Å²) in [7, 11) is 0. The lowest BCUT2D eigenvalue weighted by Gasteiger charge is -2.08. The van der Waals surface area contributed by atoms with Crippen molar-refractivity contribution in [1.29, 1.82) is 0 Å². The Morgan fingerprint density at radius 3 is 2.50 bits per heavy atom. The Bertz CT molecular complexity index is 582. The van der Waals surface area contributed by atoms with Gasteiger partial charge >= 0.3 is 0 Å². The van der Waals surface area contributed by atoms with Gasteiger partial charge in [0, 0.05) is 11.1 Å². The second kappa shape index (κ2) is 5.18. The monoisotopic (exact) mass is 238 g/mol. The van der Waals surface area contributed by atoms with E-state index in [1.807, 2.05) is 50.2 Å². The van der Waals surface area contributed by atoms with Gasteiger partial charge in [0.15, 0.2) is 5.78 Å². The van der Waals surface area contributed by atoms with Crippen LogP contribution in [0, 0.1) is 13.8 Å². The third kappa shape index (κ3) is 2.35. The second-order valence-corrected chi connectivity index (χ2v) is 4.63. The van der Waals surface area contributed by atoms with Crippen molar-refractivity contribution >= 4 is 5.78 Å². The predicted molar refractivity (Wildman–Crippen MR) is 75.2 cm³/mol. The lowest BCUT2D eigenvalue weighted by molar-refractivity contribution is 0.103. The Balaban J connectivity index is 2.44. The summed E-state index contributed by atoms with van der Waals surface area (Å²) in [5.74, 6) is 0.117. The molecule has 0 aliphatic heterocycles. The van der Waals surface area contributed by atoms with Gasteiger partial charge in [0.1, 0.15) is 0 Å². The molecule has 0 radical (unpaired) electrons. The average Bonchev–Trinajstić information content (AvgIpc) is 2.41. The minimum atomic E-state index is 0.117. The third-order valence-corrected chi connectivity index (χ3v) is 3.45. The summed E-state index contributed by atoms with van der Waals surface area (Å²) in [6.45, 7) is 6.14. The minimum Gasteiger partial charge on any atom is -0.289 e. The summed E-state index contributed by atoms with van der Waals surface area (Å²) in [5, 5.41) is 0. The van der Waals surface area contributed by atoms with Crippen LogP contribution in [0.4, 0.5) is 0 Å². The van der Waals surface area contributed by atoms with Crippen molar-refractivity contribution in [2.75, 3.05) is 0 Å². The molecule has 0 heterocycles. The van der Waals surface area contributed by atoms with E-state index in [0.29, 0.717) is 0 Å². The number of carbonyl (C=O) groups is 1. The Morgan fingerprint density at radius 1 is 1.06 bits per heavy atom. The van der Waals surface area contributed by atoms with Gasteiger partial charge in [-0.05, 0) is 43.0 Å². The van der Waals surface area contributed by atoms with Crippen molar-refractivity contribution < 1.29 is 4.79 Å². The van der Waals surface area contributed by atoms with Gasteiger partial charge in [-0.1, -0.05) is 43.3 Å². The Kier molecular flexibility index (Phi) is 3.61. The highest BCUT2D eigenvalue weighted by Gasteiger charge is 2.12. The fourth-order valence-electron chi connectivity index (χ4n) is 2.09. The molecular weight excluding hydrogens is 220 g/mol. The lowest BCUT2D eigenvalue weighted by Crippen LogP contribution is -2.05. The molecule has 0 N–H and O–H groups in total. The summed E-state index contributed by atoms with van der Waals surface area (Å²) >= 11 is 0. The average molecular weight is 238 g/mol. The van der Waals surface area contributed by atoms with Crippen LogP contribution < -0.4 is 0 Å². The van der Waals surface area contributed by atoms with E-state index >= 15 is 0 Å². The molecule has 92 valence electrons. The van der Waals surface area contributed by atoms with Crippen LogP contribution >= 0.6 is 0 Å². The summed E-state index contributed by atoms with van der Waals surface area (Å²) in [4.78, 5) is 12.5. The number of benzene rings is 2. The van der Waals surface area contributed by atoms with E-state index in [9.17, 15) is 4.79 Å². The highest BCUT2D eigenvalue weighted by molar-refractivity contribution is 6.10. The molecule has 0 aliphatic carbocycles. The van der Waals surface area contributed by atoms with Gasteiger partial charge < -0.3 is 0 Å². The fourth-order valence-corrected chi connectivity index (χ4v) is 2.09. The maximum atomic E-state index is 12.5. The first kappa shape index (κ1) is 12.6. The number of carbonyl (C=O) groups excluding carboxylic acids is 1. The first-order valence-corrected chi connectivity index (χ1v) is 6.33. The van der Waals surface area contributed by atoms with Crippen LogP contribution in [0.5, 0.6) is 0 Å². The lowest BCUT2D eigenvalue weighted by atomic mass is 9.95. The smallest absolute Gasteiger partial charge is 0.193 e. The zero-order valence-electron chi connectivity index (χ0n) is 11.2. The largest absolute Gasteiger partial charge is 0.289 e. The molecule has 0 saturated heterocycles. The van der Waals surface area contributed by atoms with Crippen LogP contribution in [0.2, 0.25) is 0 Å². The van der Waals surface area contributed by atoms with E-state index in [2.05, 4.69) is 13.0 Å². The first-order valence-electron chi connectivity index (χ1n) is 6.33. The van der Waals surface area contributed by atoms with Gasteiger partial charge in [-0.2, -0.15) is 0 Å². The number of aryl methyl sites for hydroxylation is 2. The van der Waals surface area contributed by atoms with E-state index in [4.69, 9.17) is 0 Å². The predicted octanol–water partition coefficient (Wildman–Crippen LogP) is 4.10. The maximum Gasteiger partial charge on any atom is 0.193 e. The van der Waals surface area contributed by atoms with Gasteiger partial charge in [-0.25, -0.2) is 0 Å². The topological polar surface area (TPSA) is 17.1 Å². The molecule has 2 rings (SSSR count). The SMILES string of the molecule is CCc1cccc(C(=O)c2cccc(C)c2C)c1. The molecular formula is C17H18O. The normalized spacial score (nSPS) is 10.4. The van der Waals surface area contributed by atoms with E-state index in [1.165, 1.54) is 5.56 Å². The van der Waals surface area contributed by atoms with Gasteiger partial charge in [0.25, 0.3) is 0 Å². The van der Waals surface area contributed by atoms with Crippen molar-refractivity contribution in [1.82, 2.24) is 0 Å². The Morgan fingerprint density at radius 2 is 1.78 bits per heavy atom. The molecule has 2 aromatic carbocycles. The van der Waals surface area contributed by atoms with E-state index < -0.39 is 0 Å². The van der Waals surface area contributed by atoms with Gasteiger partial charge in [0.2, 0.25) is 0 Å². The number of hydrogen-bond donors (Lipinski definition) is 0. The summed E-state index contributed by atoms with van der Waals surface area (Å²) < 4.78 is 0. The molecule has 0 saturated carbocycles. The molecule has 18 heavy (non-hydrogen) atoms. The van der Waals surface area contributed by atoms with Crippen LogP contribution in [0.1, 0.15) is 39.5 Å². The second-order valence-electron chi connectivity index (χ2n) is 4.63. The Labute approximate surface area is 108 Å². The molecule has 0 amide bonds. The van der Waals surface area contributed by atoms with Gasteiger partial charge in [0.05, 0.1) is 0 Å². The van der Waals surface area contributed by atoms with Crippen LogP contribution in [-0.2, 0) is 6.42 Å². The standard InChI is InChI=1S/C17H18O/c1-4-14-8-6-9-15(11-14)17(18)16-10-5-7-12(2)13(16)3/h5-11H,4H2,1-3H3. The molecule has 0 fully saturated rings. The molecule has 1 nitrogen and oxygen atoms in total. The van der Waals surface area contributed by atoms with Crippen molar-refractivity contribution in [2.24, 2.45) is 0 Å². The Hall–Kier alpha value is -1.89. The van der Waals surface area contributed by atoms with Crippen molar-refractivity contribution in [2.45, 2.75) is 27.2 Å². The summed E-state index contributed by atoms with van der Waals surface area (Å²) in [6.07, 6.45) is 0.952. The highest BCUT2D eigenvalue weighted by Crippen LogP contribution is 2.18. The third-order valence-electron chi connectivity index (χ3n) is 3.45. The molecule has 0 spiro atoms. The van der Waals surface area contributed by atoms with E-state index in [0.717, 1.165) is 28.7 Å². The molecule has 1 heteroatoms. The number of hydrogen-bond acceptors (Lipinski definition) is 1. The maximum absolute atomic E-state index is 12.5. The highest BCUT2D eigenvalue weighted by atomic mass is 16.1. The zero-order valence-corrected chi connectivity index (χ0v) is 11.2. The van der Waals surface area contributed by atoms with Crippen LogP contribution in [0.25, 0.3) is 0 Å². The quantitative estimate of drug-likeness (QED) is 0.736. The van der Waals surface area contributed by atoms with E-state index in [1.54, 1.807) is 0 Å². The molecule has 0 aliphatic rings. The number of rotatable bonds is 3. The number of ketones is 1. The fraction of sp³-hybridized carbons (Fsp3) is 0.235. The molecule has 0 bridgehead atoms. The van der Waals surface area contributed by atoms with Gasteiger partial charge in [-0.3, -0.25) is 4.79 Å². The summed E-state index contributed by atoms with van der Waals surface area (Å²) in [6, 6.07) is 13.8. The minimum absolute atomic E-state index is 0.117. The molecule has 0 atom stereocenters. The van der Waals surface area contributed by atoms with Crippen molar-refractivity contribution in [3.8, 4) is 0 Å². The van der Waals surface area contributed by atoms with Crippen LogP contribution in [-0.4, -0.2) is 5.78 Å². The summed E-state index contributed by atoms with van der Waals surface area (Å²) in [5.41, 5.74) is 5.02. The van der Waals surface area contributed by atoms with E-state index in [-0.39, 0.29) is 5.78 Å². The molecule has 0 unspecified atom stereocenters. The van der Waals surface area contributed by atoms with Crippen molar-refractivity contribution in [3.63, 3.8) is 0 Å². The molecule has 2 aromatic rings. The van der Waals surface area contributed by atoms with Crippen molar-refractivity contribution in [3.05, 3.63) is 70.3 Å². The first-order chi connectivity index (χ1) is 8.63. The van der Waals surface area contributed by atoms with Gasteiger partial charge in [-0.15, -0.1) is 0 Å². The van der Waals surface area contributed by atoms with Crippen LogP contribution in [0.3, 0.4) is 0 Å². The van der Waals surface area contributed by atoms with Crippen LogP contribution in [0.15, 0.2) is 42.5 Å². The molecule has 0 aromatic heterocycles.